The highest BCUT2D eigenvalue weighted by molar-refractivity contribution is 8.13. The van der Waals surface area contributed by atoms with E-state index < -0.39 is 37.7 Å². The predicted molar refractivity (Wildman–Crippen MR) is 149 cm³/mol. The highest BCUT2D eigenvalue weighted by Crippen LogP contribution is 2.45. The Kier molecular flexibility index (Phi) is 9.98. The van der Waals surface area contributed by atoms with Gasteiger partial charge in [0.2, 0.25) is 0 Å². The van der Waals surface area contributed by atoms with E-state index in [4.69, 9.17) is 19.5 Å². The molecule has 3 heterocycles. The fourth-order valence-electron chi connectivity index (χ4n) is 3.93. The number of thioether (sulfide) groups is 1. The number of nitrogens with zero attached hydrogens (tertiary/aromatic N) is 3. The second-order valence-electron chi connectivity index (χ2n) is 9.89. The summed E-state index contributed by atoms with van der Waals surface area (Å²) in [5.41, 5.74) is 6.24. The van der Waals surface area contributed by atoms with Gasteiger partial charge >= 0.3 is 7.75 Å². The van der Waals surface area contributed by atoms with Gasteiger partial charge < -0.3 is 30.4 Å². The molecule has 15 heteroatoms. The third-order valence-corrected chi connectivity index (χ3v) is 9.15. The number of carbonyl (C=O) groups excluding carboxylic acids is 1. The lowest BCUT2D eigenvalue weighted by Gasteiger charge is -2.23. The number of benzene rings is 1. The van der Waals surface area contributed by atoms with E-state index in [1.807, 2.05) is 30.3 Å². The largest absolute Gasteiger partial charge is 0.405 e. The number of anilines is 1. The maximum atomic E-state index is 13.6. The first-order chi connectivity index (χ1) is 19.0. The minimum Gasteiger partial charge on any atom is -0.395 e. The molecule has 13 nitrogen and oxygen atoms in total. The summed E-state index contributed by atoms with van der Waals surface area (Å²) in [6, 6.07) is 10.9. The maximum absolute atomic E-state index is 13.6. The summed E-state index contributed by atoms with van der Waals surface area (Å²) in [4.78, 5) is 20.4. The highest BCUT2D eigenvalue weighted by atomic mass is 32.2. The van der Waals surface area contributed by atoms with Crippen molar-refractivity contribution in [1.29, 1.82) is 0 Å². The fraction of sp³-hybridized carbons (Fsp3) is 0.480. The molecule has 3 unspecified atom stereocenters. The molecule has 1 saturated heterocycles. The van der Waals surface area contributed by atoms with Gasteiger partial charge in [-0.3, -0.25) is 13.8 Å². The average Bonchev–Trinajstić information content (AvgIpc) is 3.51. The molecule has 3 aromatic rings. The molecule has 0 saturated carbocycles. The molecule has 4 rings (SSSR count). The van der Waals surface area contributed by atoms with E-state index in [-0.39, 0.29) is 43.1 Å². The molecule has 1 aliphatic heterocycles. The first-order valence-electron chi connectivity index (χ1n) is 12.6. The molecule has 2 aromatic heterocycles. The van der Waals surface area contributed by atoms with E-state index in [0.29, 0.717) is 11.0 Å². The molecule has 0 amide bonds. The molecular formula is C25H34N5O8PS. The monoisotopic (exact) mass is 595 g/mol. The lowest BCUT2D eigenvalue weighted by Crippen LogP contribution is -2.34. The summed E-state index contributed by atoms with van der Waals surface area (Å²) < 4.78 is 32.3. The Hall–Kier alpha value is -2.39. The van der Waals surface area contributed by atoms with Gasteiger partial charge in [0.25, 0.3) is 0 Å². The zero-order valence-electron chi connectivity index (χ0n) is 22.1. The molecule has 0 radical (unpaired) electrons. The van der Waals surface area contributed by atoms with Crippen LogP contribution in [-0.4, -0.2) is 78.9 Å². The zero-order chi connectivity index (χ0) is 28.9. The Bertz CT molecular complexity index is 1340. The Morgan fingerprint density at radius 1 is 1.20 bits per heavy atom. The van der Waals surface area contributed by atoms with Crippen molar-refractivity contribution in [2.75, 3.05) is 31.3 Å². The van der Waals surface area contributed by atoms with Crippen molar-refractivity contribution in [3.63, 3.8) is 0 Å². The third kappa shape index (κ3) is 7.08. The normalized spacial score (nSPS) is 22.9. The van der Waals surface area contributed by atoms with Crippen LogP contribution >= 0.6 is 19.5 Å². The second-order valence-corrected chi connectivity index (χ2v) is 12.8. The molecule has 218 valence electrons. The van der Waals surface area contributed by atoms with Crippen LogP contribution in [0.25, 0.3) is 11.0 Å². The van der Waals surface area contributed by atoms with E-state index in [1.165, 1.54) is 10.9 Å². The number of aromatic nitrogens is 3. The number of hydrogen-bond donors (Lipinski definition) is 5. The molecular weight excluding hydrogens is 561 g/mol. The maximum Gasteiger partial charge on any atom is 0.405 e. The number of fused-ring (bicyclic) bond motifs is 1. The summed E-state index contributed by atoms with van der Waals surface area (Å²) in [7, 11) is -3.96. The van der Waals surface area contributed by atoms with Gasteiger partial charge in [0.1, 0.15) is 36.1 Å². The van der Waals surface area contributed by atoms with E-state index in [1.54, 1.807) is 26.1 Å². The number of aliphatic hydroxyl groups excluding tert-OH is 3. The molecule has 1 aliphatic rings. The van der Waals surface area contributed by atoms with Crippen LogP contribution in [0.1, 0.15) is 25.6 Å². The van der Waals surface area contributed by atoms with Crippen molar-refractivity contribution in [2.24, 2.45) is 5.41 Å². The molecule has 1 aromatic carbocycles. The Labute approximate surface area is 235 Å². The summed E-state index contributed by atoms with van der Waals surface area (Å²) >= 11 is 0.960. The molecule has 6 N–H and O–H groups in total. The van der Waals surface area contributed by atoms with Gasteiger partial charge in [-0.05, 0) is 25.5 Å². The minimum absolute atomic E-state index is 0.0905. The van der Waals surface area contributed by atoms with Gasteiger partial charge in [0.15, 0.2) is 11.3 Å². The minimum atomic E-state index is -3.96. The lowest BCUT2D eigenvalue weighted by molar-refractivity contribution is -0.119. The van der Waals surface area contributed by atoms with E-state index in [0.717, 1.165) is 17.3 Å². The predicted octanol–water partition coefficient (Wildman–Crippen LogP) is 1.84. The molecule has 0 bridgehead atoms. The van der Waals surface area contributed by atoms with Crippen molar-refractivity contribution in [3.8, 4) is 0 Å². The van der Waals surface area contributed by atoms with Gasteiger partial charge in [0, 0.05) is 18.5 Å². The molecule has 0 spiro atoms. The van der Waals surface area contributed by atoms with E-state index in [9.17, 15) is 24.7 Å². The van der Waals surface area contributed by atoms with Crippen molar-refractivity contribution in [3.05, 3.63) is 54.5 Å². The number of aliphatic hydroxyl groups is 3. The quantitative estimate of drug-likeness (QED) is 0.142. The molecule has 5 atom stereocenters. The number of nitrogens with one attached hydrogen (secondary N) is 1. The van der Waals surface area contributed by atoms with Crippen LogP contribution in [0.5, 0.6) is 0 Å². The Morgan fingerprint density at radius 3 is 2.67 bits per heavy atom. The molecule has 1 fully saturated rings. The van der Waals surface area contributed by atoms with Crippen LogP contribution in [0.15, 0.2) is 48.9 Å². The van der Waals surface area contributed by atoms with Crippen LogP contribution < -0.4 is 10.8 Å². The number of ether oxygens (including phenoxy) is 1. The fourth-order valence-corrected chi connectivity index (χ4v) is 6.17. The van der Waals surface area contributed by atoms with Gasteiger partial charge in [0.05, 0.1) is 30.6 Å². The van der Waals surface area contributed by atoms with Gasteiger partial charge in [-0.15, -0.1) is 0 Å². The SMILES string of the molecule is CC(C)(CO)C(=O)SCCOP(=O)(NCc1ccccc1)OC[C@H]1OC(n2ccc3c(N)ncnc32)C(O)[C@H]1O. The van der Waals surface area contributed by atoms with Crippen molar-refractivity contribution >= 4 is 41.5 Å². The van der Waals surface area contributed by atoms with E-state index >= 15 is 0 Å². The summed E-state index contributed by atoms with van der Waals surface area (Å²) in [6.45, 7) is 2.67. The number of rotatable bonds is 13. The van der Waals surface area contributed by atoms with Gasteiger partial charge in [-0.25, -0.2) is 19.6 Å². The molecule has 40 heavy (non-hydrogen) atoms. The summed E-state index contributed by atoms with van der Waals surface area (Å²) in [5.74, 6) is 0.441. The van der Waals surface area contributed by atoms with Crippen LogP contribution in [0.3, 0.4) is 0 Å². The van der Waals surface area contributed by atoms with Crippen molar-refractivity contribution in [2.45, 2.75) is 44.9 Å². The summed E-state index contributed by atoms with van der Waals surface area (Å²) in [5, 5.41) is 33.9. The Morgan fingerprint density at radius 2 is 1.95 bits per heavy atom. The first-order valence-corrected chi connectivity index (χ1v) is 15.1. The lowest BCUT2D eigenvalue weighted by atomic mass is 9.97. The van der Waals surface area contributed by atoms with Crippen LogP contribution in [0.4, 0.5) is 5.82 Å². The smallest absolute Gasteiger partial charge is 0.395 e. The number of nitrogens with two attached hydrogens (primary N) is 1. The van der Waals surface area contributed by atoms with Crippen LogP contribution in [0, 0.1) is 5.41 Å². The highest BCUT2D eigenvalue weighted by Gasteiger charge is 2.45. The van der Waals surface area contributed by atoms with Crippen molar-refractivity contribution in [1.82, 2.24) is 19.6 Å². The zero-order valence-corrected chi connectivity index (χ0v) is 23.8. The number of hydrogen-bond acceptors (Lipinski definition) is 12. The second kappa shape index (κ2) is 13.1. The topological polar surface area (TPSA) is 191 Å². The van der Waals surface area contributed by atoms with Crippen LogP contribution in [0.2, 0.25) is 0 Å². The van der Waals surface area contributed by atoms with Crippen LogP contribution in [-0.2, 0) is 29.7 Å². The summed E-state index contributed by atoms with van der Waals surface area (Å²) in [6.07, 6.45) is -1.85. The standard InChI is InChI=1S/C25H34N5O8PS/c1-25(2,14-31)24(34)40-11-10-36-39(35,29-12-16-6-4-3-5-7-16)37-13-18-19(32)20(33)23(38-18)30-9-8-17-21(26)27-15-28-22(17)30/h3-9,15,18-20,23,31-33H,10-14H2,1-2H3,(H,29,35)(H2,26,27,28)/t18-,19+,20?,23?,39?/m1/s1. The third-order valence-electron chi connectivity index (χ3n) is 6.41. The van der Waals surface area contributed by atoms with E-state index in [2.05, 4.69) is 15.1 Å². The van der Waals surface area contributed by atoms with Gasteiger partial charge in [-0.1, -0.05) is 42.1 Å². The number of carbonyl (C=O) groups is 1. The Balaban J connectivity index is 1.41. The van der Waals surface area contributed by atoms with Gasteiger partial charge in [-0.2, -0.15) is 0 Å². The first kappa shape index (κ1) is 30.6. The number of nitrogen functional groups attached to an aromatic ring is 1. The molecule has 0 aliphatic carbocycles. The average molecular weight is 596 g/mol. The van der Waals surface area contributed by atoms with Crippen molar-refractivity contribution < 1.29 is 38.5 Å².